The first kappa shape index (κ1) is 18.7. The predicted molar refractivity (Wildman–Crippen MR) is 109 cm³/mol. The van der Waals surface area contributed by atoms with Gasteiger partial charge in [-0.3, -0.25) is 4.79 Å². The number of carbonyl (C=O) groups excluding carboxylic acids is 1. The minimum Gasteiger partial charge on any atom is -0.477 e. The Morgan fingerprint density at radius 1 is 1.14 bits per heavy atom. The SMILES string of the molecule is C=CCNC(=O)C1CCc2nc(-c3ccccc3)nc(OCC3CC3)c2CC1. The van der Waals surface area contributed by atoms with Gasteiger partial charge in [0.25, 0.3) is 0 Å². The lowest BCUT2D eigenvalue weighted by molar-refractivity contribution is -0.125. The summed E-state index contributed by atoms with van der Waals surface area (Å²) in [5, 5.41) is 2.93. The van der Waals surface area contributed by atoms with Crippen molar-refractivity contribution < 1.29 is 9.53 Å². The second-order valence-corrected chi connectivity index (χ2v) is 7.71. The summed E-state index contributed by atoms with van der Waals surface area (Å²) in [6, 6.07) is 10.0. The number of carbonyl (C=O) groups is 1. The van der Waals surface area contributed by atoms with Crippen molar-refractivity contribution in [3.63, 3.8) is 0 Å². The summed E-state index contributed by atoms with van der Waals surface area (Å²) in [7, 11) is 0. The lowest BCUT2D eigenvalue weighted by atomic mass is 9.99. The lowest BCUT2D eigenvalue weighted by Gasteiger charge is -2.14. The van der Waals surface area contributed by atoms with Crippen LogP contribution in [0.1, 0.15) is 36.9 Å². The van der Waals surface area contributed by atoms with Crippen LogP contribution < -0.4 is 10.1 Å². The van der Waals surface area contributed by atoms with Crippen LogP contribution in [0, 0.1) is 11.8 Å². The second-order valence-electron chi connectivity index (χ2n) is 7.71. The molecule has 5 nitrogen and oxygen atoms in total. The molecule has 1 amide bonds. The van der Waals surface area contributed by atoms with E-state index >= 15 is 0 Å². The molecule has 1 atom stereocenters. The molecule has 1 aromatic heterocycles. The van der Waals surface area contributed by atoms with E-state index in [1.807, 2.05) is 30.3 Å². The third-order valence-corrected chi connectivity index (χ3v) is 5.50. The van der Waals surface area contributed by atoms with Crippen molar-refractivity contribution in [3.8, 4) is 17.3 Å². The van der Waals surface area contributed by atoms with Gasteiger partial charge in [0.1, 0.15) is 0 Å². The predicted octanol–water partition coefficient (Wildman–Crippen LogP) is 3.73. The number of amides is 1. The molecular weight excluding hydrogens is 350 g/mol. The molecule has 1 fully saturated rings. The van der Waals surface area contributed by atoms with Crippen LogP contribution in [-0.4, -0.2) is 29.0 Å². The summed E-state index contributed by atoms with van der Waals surface area (Å²) in [5.74, 6) is 2.17. The first-order chi connectivity index (χ1) is 13.7. The van der Waals surface area contributed by atoms with Gasteiger partial charge in [0.2, 0.25) is 11.8 Å². The van der Waals surface area contributed by atoms with Crippen LogP contribution in [0.3, 0.4) is 0 Å². The fourth-order valence-electron chi connectivity index (χ4n) is 3.64. The van der Waals surface area contributed by atoms with Crippen LogP contribution in [0.4, 0.5) is 0 Å². The zero-order chi connectivity index (χ0) is 19.3. The largest absolute Gasteiger partial charge is 0.477 e. The number of hydrogen-bond donors (Lipinski definition) is 1. The highest BCUT2D eigenvalue weighted by atomic mass is 16.5. The van der Waals surface area contributed by atoms with Crippen LogP contribution in [0.25, 0.3) is 11.4 Å². The zero-order valence-electron chi connectivity index (χ0n) is 16.2. The Hall–Kier alpha value is -2.69. The molecular formula is C23H27N3O2. The first-order valence-corrected chi connectivity index (χ1v) is 10.2. The first-order valence-electron chi connectivity index (χ1n) is 10.2. The molecule has 2 aliphatic carbocycles. The molecule has 0 radical (unpaired) electrons. The van der Waals surface area contributed by atoms with Gasteiger partial charge in [-0.05, 0) is 44.4 Å². The van der Waals surface area contributed by atoms with Crippen LogP contribution in [0.15, 0.2) is 43.0 Å². The molecule has 146 valence electrons. The minimum absolute atomic E-state index is 0.00870. The number of benzene rings is 1. The standard InChI is InChI=1S/C23H27N3O2/c1-2-14-24-22(27)18-10-12-19-20(13-11-18)25-21(17-6-4-3-5-7-17)26-23(19)28-15-16-8-9-16/h2-7,16,18H,1,8-15H2,(H,24,27). The second kappa shape index (κ2) is 8.55. The normalized spacial score (nSPS) is 18.6. The van der Waals surface area contributed by atoms with Gasteiger partial charge < -0.3 is 10.1 Å². The highest BCUT2D eigenvalue weighted by molar-refractivity contribution is 5.79. The number of aryl methyl sites for hydroxylation is 1. The van der Waals surface area contributed by atoms with E-state index in [1.54, 1.807) is 6.08 Å². The maximum absolute atomic E-state index is 12.4. The Balaban J connectivity index is 1.60. The Labute approximate surface area is 166 Å². The molecule has 4 rings (SSSR count). The van der Waals surface area contributed by atoms with Crippen molar-refractivity contribution in [2.45, 2.75) is 38.5 Å². The maximum Gasteiger partial charge on any atom is 0.223 e. The van der Waals surface area contributed by atoms with Gasteiger partial charge in [-0.25, -0.2) is 4.98 Å². The van der Waals surface area contributed by atoms with Crippen molar-refractivity contribution in [2.75, 3.05) is 13.2 Å². The van der Waals surface area contributed by atoms with Crippen molar-refractivity contribution >= 4 is 5.91 Å². The van der Waals surface area contributed by atoms with Gasteiger partial charge >= 0.3 is 0 Å². The third-order valence-electron chi connectivity index (χ3n) is 5.50. The van der Waals surface area contributed by atoms with Gasteiger partial charge in [0.05, 0.1) is 12.3 Å². The molecule has 1 heterocycles. The number of aromatic nitrogens is 2. The fourth-order valence-corrected chi connectivity index (χ4v) is 3.64. The monoisotopic (exact) mass is 377 g/mol. The van der Waals surface area contributed by atoms with Crippen molar-refractivity contribution in [2.24, 2.45) is 11.8 Å². The topological polar surface area (TPSA) is 64.1 Å². The fraction of sp³-hybridized carbons (Fsp3) is 0.435. The van der Waals surface area contributed by atoms with E-state index in [-0.39, 0.29) is 11.8 Å². The Morgan fingerprint density at radius 2 is 1.93 bits per heavy atom. The van der Waals surface area contributed by atoms with Crippen molar-refractivity contribution in [1.29, 1.82) is 0 Å². The third kappa shape index (κ3) is 4.41. The summed E-state index contributed by atoms with van der Waals surface area (Å²) in [6.45, 7) is 4.90. The number of ether oxygens (including phenoxy) is 1. The van der Waals surface area contributed by atoms with Gasteiger partial charge in [0, 0.05) is 23.6 Å². The summed E-state index contributed by atoms with van der Waals surface area (Å²) in [5.41, 5.74) is 3.10. The van der Waals surface area contributed by atoms with E-state index < -0.39 is 0 Å². The molecule has 2 aliphatic rings. The summed E-state index contributed by atoms with van der Waals surface area (Å²) >= 11 is 0. The average molecular weight is 377 g/mol. The van der Waals surface area contributed by atoms with Crippen LogP contribution in [-0.2, 0) is 17.6 Å². The quantitative estimate of drug-likeness (QED) is 0.590. The van der Waals surface area contributed by atoms with Gasteiger partial charge in [0.15, 0.2) is 5.82 Å². The molecule has 1 aromatic carbocycles. The van der Waals surface area contributed by atoms with E-state index in [2.05, 4.69) is 11.9 Å². The van der Waals surface area contributed by atoms with Gasteiger partial charge in [-0.2, -0.15) is 4.98 Å². The maximum atomic E-state index is 12.4. The van der Waals surface area contributed by atoms with E-state index in [9.17, 15) is 4.79 Å². The Bertz CT molecular complexity index is 846. The number of rotatable bonds is 7. The summed E-state index contributed by atoms with van der Waals surface area (Å²) in [4.78, 5) is 22.1. The molecule has 1 N–H and O–H groups in total. The van der Waals surface area contributed by atoms with Gasteiger partial charge in [-0.1, -0.05) is 36.4 Å². The van der Waals surface area contributed by atoms with Crippen molar-refractivity contribution in [1.82, 2.24) is 15.3 Å². The molecule has 2 aromatic rings. The molecule has 1 saturated carbocycles. The molecule has 0 bridgehead atoms. The summed E-state index contributed by atoms with van der Waals surface area (Å²) in [6.07, 6.45) is 7.33. The molecule has 0 saturated heterocycles. The smallest absolute Gasteiger partial charge is 0.223 e. The number of fused-ring (bicyclic) bond motifs is 1. The van der Waals surface area contributed by atoms with E-state index in [1.165, 1.54) is 12.8 Å². The van der Waals surface area contributed by atoms with Crippen LogP contribution in [0.2, 0.25) is 0 Å². The van der Waals surface area contributed by atoms with Crippen molar-refractivity contribution in [3.05, 3.63) is 54.2 Å². The van der Waals surface area contributed by atoms with Crippen LogP contribution >= 0.6 is 0 Å². The number of nitrogens with one attached hydrogen (secondary N) is 1. The summed E-state index contributed by atoms with van der Waals surface area (Å²) < 4.78 is 6.14. The lowest BCUT2D eigenvalue weighted by Crippen LogP contribution is -2.30. The molecule has 28 heavy (non-hydrogen) atoms. The zero-order valence-corrected chi connectivity index (χ0v) is 16.2. The highest BCUT2D eigenvalue weighted by Gasteiger charge is 2.28. The number of hydrogen-bond acceptors (Lipinski definition) is 4. The van der Waals surface area contributed by atoms with Gasteiger partial charge in [-0.15, -0.1) is 6.58 Å². The van der Waals surface area contributed by atoms with Crippen LogP contribution in [0.5, 0.6) is 5.88 Å². The molecule has 0 spiro atoms. The average Bonchev–Trinajstić information content (AvgIpc) is 3.57. The van der Waals surface area contributed by atoms with E-state index in [0.717, 1.165) is 49.1 Å². The Morgan fingerprint density at radius 3 is 2.68 bits per heavy atom. The van der Waals surface area contributed by atoms with E-state index in [0.29, 0.717) is 24.2 Å². The molecule has 5 heteroatoms. The Kier molecular flexibility index (Phi) is 5.70. The highest BCUT2D eigenvalue weighted by Crippen LogP contribution is 2.34. The number of nitrogens with zero attached hydrogens (tertiary/aromatic N) is 2. The molecule has 1 unspecified atom stereocenters. The van der Waals surface area contributed by atoms with E-state index in [4.69, 9.17) is 14.7 Å². The molecule has 0 aliphatic heterocycles. The minimum atomic E-state index is -0.00870.